The van der Waals surface area contributed by atoms with Gasteiger partial charge in [0, 0.05) is 37.9 Å². The Morgan fingerprint density at radius 2 is 1.96 bits per heavy atom. The average Bonchev–Trinajstić information content (AvgIpc) is 3.15. The van der Waals surface area contributed by atoms with Crippen LogP contribution in [0.4, 0.5) is 10.5 Å². The van der Waals surface area contributed by atoms with Gasteiger partial charge in [-0.2, -0.15) is 0 Å². The van der Waals surface area contributed by atoms with Crippen molar-refractivity contribution in [3.05, 3.63) is 54.1 Å². The van der Waals surface area contributed by atoms with Gasteiger partial charge in [-0.05, 0) is 17.7 Å². The van der Waals surface area contributed by atoms with Crippen LogP contribution < -0.4 is 20.1 Å². The molecule has 1 saturated heterocycles. The SMILES string of the molecule is O=C(NC[C@@H]1CN(Cc2ccccc2)CCO1)Nc1ccc2c(c1)OCO2. The molecule has 1 fully saturated rings. The van der Waals surface area contributed by atoms with E-state index in [9.17, 15) is 4.79 Å². The molecule has 0 radical (unpaired) electrons. The first-order valence-corrected chi connectivity index (χ1v) is 9.09. The molecular weight excluding hydrogens is 346 g/mol. The van der Waals surface area contributed by atoms with Gasteiger partial charge in [-0.25, -0.2) is 4.79 Å². The fraction of sp³-hybridized carbons (Fsp3) is 0.350. The molecule has 7 heteroatoms. The van der Waals surface area contributed by atoms with Crippen LogP contribution in [0.3, 0.4) is 0 Å². The molecule has 2 aliphatic rings. The summed E-state index contributed by atoms with van der Waals surface area (Å²) in [5, 5.41) is 5.69. The quantitative estimate of drug-likeness (QED) is 0.847. The maximum atomic E-state index is 12.2. The molecule has 4 rings (SSSR count). The maximum Gasteiger partial charge on any atom is 0.319 e. The zero-order valence-electron chi connectivity index (χ0n) is 15.0. The summed E-state index contributed by atoms with van der Waals surface area (Å²) in [6, 6.07) is 15.4. The highest BCUT2D eigenvalue weighted by molar-refractivity contribution is 5.89. The molecule has 2 N–H and O–H groups in total. The number of nitrogens with one attached hydrogen (secondary N) is 2. The molecule has 7 nitrogen and oxygen atoms in total. The molecule has 27 heavy (non-hydrogen) atoms. The molecule has 0 aromatic heterocycles. The number of fused-ring (bicyclic) bond motifs is 1. The monoisotopic (exact) mass is 369 g/mol. The smallest absolute Gasteiger partial charge is 0.319 e. The van der Waals surface area contributed by atoms with E-state index in [0.29, 0.717) is 30.3 Å². The Hall–Kier alpha value is -2.77. The van der Waals surface area contributed by atoms with Gasteiger partial charge in [0.15, 0.2) is 11.5 Å². The number of carbonyl (C=O) groups excluding carboxylic acids is 1. The topological polar surface area (TPSA) is 72.1 Å². The van der Waals surface area contributed by atoms with Gasteiger partial charge in [-0.15, -0.1) is 0 Å². The van der Waals surface area contributed by atoms with Crippen LogP contribution in [0.5, 0.6) is 11.5 Å². The predicted molar refractivity (Wildman–Crippen MR) is 101 cm³/mol. The van der Waals surface area contributed by atoms with Crippen LogP contribution in [-0.2, 0) is 11.3 Å². The van der Waals surface area contributed by atoms with Crippen molar-refractivity contribution in [2.24, 2.45) is 0 Å². The second-order valence-electron chi connectivity index (χ2n) is 6.62. The summed E-state index contributed by atoms with van der Waals surface area (Å²) in [5.41, 5.74) is 1.94. The third-order valence-electron chi connectivity index (χ3n) is 4.59. The molecule has 1 atom stereocenters. The zero-order valence-corrected chi connectivity index (χ0v) is 15.0. The number of nitrogens with zero attached hydrogens (tertiary/aromatic N) is 1. The first kappa shape index (κ1) is 17.6. The lowest BCUT2D eigenvalue weighted by Crippen LogP contribution is -2.47. The lowest BCUT2D eigenvalue weighted by Gasteiger charge is -2.33. The Kier molecular flexibility index (Phi) is 5.41. The molecule has 2 aliphatic heterocycles. The molecule has 2 aromatic carbocycles. The van der Waals surface area contributed by atoms with Crippen LogP contribution >= 0.6 is 0 Å². The maximum absolute atomic E-state index is 12.2. The van der Waals surface area contributed by atoms with Crippen molar-refractivity contribution in [2.75, 3.05) is 38.4 Å². The van der Waals surface area contributed by atoms with E-state index in [1.807, 2.05) is 6.07 Å². The van der Waals surface area contributed by atoms with E-state index in [2.05, 4.69) is 39.8 Å². The molecule has 2 amide bonds. The van der Waals surface area contributed by atoms with E-state index >= 15 is 0 Å². The second kappa shape index (κ2) is 8.28. The van der Waals surface area contributed by atoms with Crippen molar-refractivity contribution in [3.8, 4) is 11.5 Å². The van der Waals surface area contributed by atoms with Gasteiger partial charge in [0.1, 0.15) is 0 Å². The van der Waals surface area contributed by atoms with E-state index in [0.717, 1.165) is 19.6 Å². The van der Waals surface area contributed by atoms with Crippen LogP contribution in [0.2, 0.25) is 0 Å². The molecular formula is C20H23N3O4. The highest BCUT2D eigenvalue weighted by Gasteiger charge is 2.21. The summed E-state index contributed by atoms with van der Waals surface area (Å²) >= 11 is 0. The Morgan fingerprint density at radius 3 is 2.85 bits per heavy atom. The summed E-state index contributed by atoms with van der Waals surface area (Å²) in [5.74, 6) is 1.33. The number of anilines is 1. The Morgan fingerprint density at radius 1 is 1.11 bits per heavy atom. The van der Waals surface area contributed by atoms with Gasteiger partial charge in [0.25, 0.3) is 0 Å². The van der Waals surface area contributed by atoms with Crippen LogP contribution in [0.25, 0.3) is 0 Å². The predicted octanol–water partition coefficient (Wildman–Crippen LogP) is 2.44. The standard InChI is InChI=1S/C20H23N3O4/c24-20(22-16-6-7-18-19(10-16)27-14-26-18)21-11-17-13-23(8-9-25-17)12-15-4-2-1-3-5-15/h1-7,10,17H,8-9,11-14H2,(H2,21,22,24)/t17-/m1/s1. The highest BCUT2D eigenvalue weighted by atomic mass is 16.7. The zero-order chi connectivity index (χ0) is 18.5. The summed E-state index contributed by atoms with van der Waals surface area (Å²) in [6.07, 6.45) is -0.0232. The lowest BCUT2D eigenvalue weighted by atomic mass is 10.2. The van der Waals surface area contributed by atoms with E-state index in [4.69, 9.17) is 14.2 Å². The third-order valence-corrected chi connectivity index (χ3v) is 4.59. The first-order chi connectivity index (χ1) is 13.3. The van der Waals surface area contributed by atoms with Crippen LogP contribution in [0, 0.1) is 0 Å². The van der Waals surface area contributed by atoms with Gasteiger partial charge < -0.3 is 24.8 Å². The lowest BCUT2D eigenvalue weighted by molar-refractivity contribution is -0.0285. The largest absolute Gasteiger partial charge is 0.454 e. The number of hydrogen-bond donors (Lipinski definition) is 2. The van der Waals surface area contributed by atoms with Crippen LogP contribution in [0.15, 0.2) is 48.5 Å². The molecule has 2 heterocycles. The van der Waals surface area contributed by atoms with Crippen molar-refractivity contribution in [2.45, 2.75) is 12.6 Å². The molecule has 0 bridgehead atoms. The number of ether oxygens (including phenoxy) is 3. The molecule has 2 aromatic rings. The normalized spacial score (nSPS) is 18.9. The minimum absolute atomic E-state index is 0.0232. The number of amides is 2. The van der Waals surface area contributed by atoms with Crippen molar-refractivity contribution in [1.29, 1.82) is 0 Å². The average molecular weight is 369 g/mol. The van der Waals surface area contributed by atoms with E-state index < -0.39 is 0 Å². The molecule has 0 aliphatic carbocycles. The Balaban J connectivity index is 1.23. The number of morpholine rings is 1. The number of urea groups is 1. The van der Waals surface area contributed by atoms with Crippen molar-refractivity contribution in [3.63, 3.8) is 0 Å². The Bertz CT molecular complexity index is 784. The van der Waals surface area contributed by atoms with Gasteiger partial charge in [-0.1, -0.05) is 30.3 Å². The van der Waals surface area contributed by atoms with Crippen LogP contribution in [0.1, 0.15) is 5.56 Å². The fourth-order valence-electron chi connectivity index (χ4n) is 3.25. The van der Waals surface area contributed by atoms with E-state index in [-0.39, 0.29) is 18.9 Å². The fourth-order valence-corrected chi connectivity index (χ4v) is 3.25. The minimum atomic E-state index is -0.266. The summed E-state index contributed by atoms with van der Waals surface area (Å²) < 4.78 is 16.4. The first-order valence-electron chi connectivity index (χ1n) is 9.09. The van der Waals surface area contributed by atoms with Gasteiger partial charge in [-0.3, -0.25) is 4.90 Å². The van der Waals surface area contributed by atoms with Gasteiger partial charge >= 0.3 is 6.03 Å². The Labute approximate surface area is 158 Å². The summed E-state index contributed by atoms with van der Waals surface area (Å²) in [6.45, 7) is 3.92. The molecule has 0 spiro atoms. The summed E-state index contributed by atoms with van der Waals surface area (Å²) in [4.78, 5) is 14.5. The van der Waals surface area contributed by atoms with Crippen LogP contribution in [-0.4, -0.2) is 50.1 Å². The van der Waals surface area contributed by atoms with E-state index in [1.54, 1.807) is 18.2 Å². The molecule has 0 unspecified atom stereocenters. The third kappa shape index (κ3) is 4.69. The van der Waals surface area contributed by atoms with Crippen molar-refractivity contribution >= 4 is 11.7 Å². The number of rotatable bonds is 5. The number of benzene rings is 2. The van der Waals surface area contributed by atoms with Gasteiger partial charge in [0.05, 0.1) is 12.7 Å². The van der Waals surface area contributed by atoms with Crippen molar-refractivity contribution in [1.82, 2.24) is 10.2 Å². The second-order valence-corrected chi connectivity index (χ2v) is 6.62. The molecule has 142 valence electrons. The minimum Gasteiger partial charge on any atom is -0.454 e. The molecule has 0 saturated carbocycles. The van der Waals surface area contributed by atoms with E-state index in [1.165, 1.54) is 5.56 Å². The highest BCUT2D eigenvalue weighted by Crippen LogP contribution is 2.34. The van der Waals surface area contributed by atoms with Gasteiger partial charge in [0.2, 0.25) is 6.79 Å². The summed E-state index contributed by atoms with van der Waals surface area (Å²) in [7, 11) is 0. The van der Waals surface area contributed by atoms with Crippen molar-refractivity contribution < 1.29 is 19.0 Å². The number of hydrogen-bond acceptors (Lipinski definition) is 5. The number of carbonyl (C=O) groups is 1.